The summed E-state index contributed by atoms with van der Waals surface area (Å²) >= 11 is 0. The van der Waals surface area contributed by atoms with Crippen molar-refractivity contribution in [1.82, 2.24) is 0 Å². The number of esters is 1. The molecule has 136 valence electrons. The fourth-order valence-electron chi connectivity index (χ4n) is 2.11. The first kappa shape index (κ1) is 18.7. The molecule has 26 heavy (non-hydrogen) atoms. The smallest absolute Gasteiger partial charge is 0.338 e. The zero-order valence-electron chi connectivity index (χ0n) is 14.1. The number of nitrogens with one attached hydrogen (secondary N) is 2. The molecule has 0 aliphatic heterocycles. The molecular weight excluding hydrogens is 342 g/mol. The lowest BCUT2D eigenvalue weighted by Crippen LogP contribution is -2.19. The molecule has 2 rings (SSSR count). The van der Waals surface area contributed by atoms with Crippen LogP contribution in [0.25, 0.3) is 0 Å². The Kier molecular flexibility index (Phi) is 6.10. The summed E-state index contributed by atoms with van der Waals surface area (Å²) in [6, 6.07) is 9.61. The average Bonchev–Trinajstić information content (AvgIpc) is 2.62. The van der Waals surface area contributed by atoms with Crippen LogP contribution in [0.1, 0.15) is 17.3 Å². The lowest BCUT2D eigenvalue weighted by molar-refractivity contribution is -0.385. The molecule has 2 amide bonds. The lowest BCUT2D eigenvalue weighted by atomic mass is 10.2. The second-order valence-electron chi connectivity index (χ2n) is 5.02. The van der Waals surface area contributed by atoms with Crippen LogP contribution in [0.4, 0.5) is 21.9 Å². The van der Waals surface area contributed by atoms with Gasteiger partial charge in [-0.3, -0.25) is 10.1 Å². The van der Waals surface area contributed by atoms with Crippen LogP contribution >= 0.6 is 0 Å². The van der Waals surface area contributed by atoms with Gasteiger partial charge in [0.25, 0.3) is 0 Å². The highest BCUT2D eigenvalue weighted by atomic mass is 16.6. The summed E-state index contributed by atoms with van der Waals surface area (Å²) in [5.41, 5.74) is 0.782. The molecule has 0 aliphatic rings. The minimum atomic E-state index is -0.601. The van der Waals surface area contributed by atoms with Crippen LogP contribution in [0, 0.1) is 10.1 Å². The second-order valence-corrected chi connectivity index (χ2v) is 5.02. The molecule has 2 N–H and O–H groups in total. The maximum Gasteiger partial charge on any atom is 0.338 e. The van der Waals surface area contributed by atoms with Gasteiger partial charge in [-0.15, -0.1) is 0 Å². The number of benzene rings is 2. The zero-order valence-corrected chi connectivity index (χ0v) is 14.1. The van der Waals surface area contributed by atoms with Gasteiger partial charge in [0.1, 0.15) is 0 Å². The van der Waals surface area contributed by atoms with Crippen LogP contribution in [0.15, 0.2) is 42.5 Å². The molecule has 0 aliphatic carbocycles. The van der Waals surface area contributed by atoms with Crippen molar-refractivity contribution in [3.63, 3.8) is 0 Å². The highest BCUT2D eigenvalue weighted by molar-refractivity contribution is 6.00. The molecule has 0 heterocycles. The van der Waals surface area contributed by atoms with Crippen LogP contribution in [-0.2, 0) is 4.74 Å². The van der Waals surface area contributed by atoms with E-state index in [0.717, 1.165) is 0 Å². The molecule has 0 spiro atoms. The Morgan fingerprint density at radius 2 is 1.69 bits per heavy atom. The summed E-state index contributed by atoms with van der Waals surface area (Å²) in [7, 11) is 1.32. The van der Waals surface area contributed by atoms with Gasteiger partial charge in [-0.05, 0) is 43.3 Å². The Morgan fingerprint density at radius 3 is 2.27 bits per heavy atom. The van der Waals surface area contributed by atoms with E-state index < -0.39 is 16.9 Å². The van der Waals surface area contributed by atoms with Crippen LogP contribution in [0.5, 0.6) is 5.75 Å². The number of anilines is 2. The normalized spacial score (nSPS) is 9.92. The third-order valence-electron chi connectivity index (χ3n) is 3.29. The first-order valence-corrected chi connectivity index (χ1v) is 7.62. The van der Waals surface area contributed by atoms with E-state index in [1.54, 1.807) is 19.1 Å². The largest absolute Gasteiger partial charge is 0.490 e. The van der Waals surface area contributed by atoms with Crippen molar-refractivity contribution in [1.29, 1.82) is 0 Å². The van der Waals surface area contributed by atoms with Crippen molar-refractivity contribution >= 4 is 29.1 Å². The minimum absolute atomic E-state index is 0.0931. The number of rotatable bonds is 6. The molecule has 0 unspecified atom stereocenters. The lowest BCUT2D eigenvalue weighted by Gasteiger charge is -2.09. The Balaban J connectivity index is 2.03. The van der Waals surface area contributed by atoms with Crippen molar-refractivity contribution in [2.24, 2.45) is 0 Å². The number of nitro benzene ring substituents is 1. The summed E-state index contributed by atoms with van der Waals surface area (Å²) in [5, 5.41) is 16.1. The summed E-state index contributed by atoms with van der Waals surface area (Å²) in [6.07, 6.45) is 0. The molecule has 2 aromatic rings. The van der Waals surface area contributed by atoms with Crippen LogP contribution in [0.2, 0.25) is 0 Å². The predicted molar refractivity (Wildman–Crippen MR) is 94.7 cm³/mol. The number of amides is 2. The van der Waals surface area contributed by atoms with Crippen LogP contribution < -0.4 is 15.4 Å². The highest BCUT2D eigenvalue weighted by Crippen LogP contribution is 2.29. The Bertz CT molecular complexity index is 820. The molecular formula is C17H17N3O6. The number of nitrogens with zero attached hydrogens (tertiary/aromatic N) is 1. The van der Waals surface area contributed by atoms with Crippen LogP contribution in [0.3, 0.4) is 0 Å². The van der Waals surface area contributed by atoms with Gasteiger partial charge < -0.3 is 20.1 Å². The number of carbonyl (C=O) groups is 2. The molecule has 0 fully saturated rings. The summed E-state index contributed by atoms with van der Waals surface area (Å²) in [6.45, 7) is 1.98. The van der Waals surface area contributed by atoms with Crippen molar-refractivity contribution in [3.05, 3.63) is 58.1 Å². The highest BCUT2D eigenvalue weighted by Gasteiger charge is 2.16. The molecule has 9 heteroatoms. The number of hydrogen-bond acceptors (Lipinski definition) is 6. The number of methoxy groups -OCH3 is 1. The summed E-state index contributed by atoms with van der Waals surface area (Å²) in [4.78, 5) is 34.0. The van der Waals surface area contributed by atoms with Gasteiger partial charge in [-0.1, -0.05) is 0 Å². The van der Waals surface area contributed by atoms with Crippen molar-refractivity contribution in [2.45, 2.75) is 6.92 Å². The van der Waals surface area contributed by atoms with Crippen molar-refractivity contribution in [3.8, 4) is 5.75 Å². The Morgan fingerprint density at radius 1 is 1.08 bits per heavy atom. The van der Waals surface area contributed by atoms with E-state index in [1.807, 2.05) is 0 Å². The molecule has 0 saturated carbocycles. The van der Waals surface area contributed by atoms with E-state index in [2.05, 4.69) is 10.6 Å². The number of urea groups is 1. The number of hydrogen-bond donors (Lipinski definition) is 2. The van der Waals surface area contributed by atoms with Gasteiger partial charge in [-0.25, -0.2) is 9.59 Å². The molecule has 2 aromatic carbocycles. The first-order chi connectivity index (χ1) is 12.4. The molecule has 0 atom stereocenters. The Labute approximate surface area is 149 Å². The topological polar surface area (TPSA) is 120 Å². The number of carbonyl (C=O) groups excluding carboxylic acids is 2. The second kappa shape index (κ2) is 8.47. The standard InChI is InChI=1S/C17H17N3O6/c1-3-26-16(21)11-4-6-12(7-5-11)18-17(22)19-13-8-9-15(25-2)14(10-13)20(23)24/h4-10H,3H2,1-2H3,(H2,18,19,22). The first-order valence-electron chi connectivity index (χ1n) is 7.62. The number of nitro groups is 1. The maximum absolute atomic E-state index is 12.0. The third-order valence-corrected chi connectivity index (χ3v) is 3.29. The maximum atomic E-state index is 12.0. The summed E-state index contributed by atoms with van der Waals surface area (Å²) in [5.74, 6) is -0.357. The van der Waals surface area contributed by atoms with E-state index in [4.69, 9.17) is 9.47 Å². The van der Waals surface area contributed by atoms with Gasteiger partial charge in [0, 0.05) is 17.4 Å². The fraction of sp³-hybridized carbons (Fsp3) is 0.176. The molecule has 9 nitrogen and oxygen atoms in total. The van der Waals surface area contributed by atoms with E-state index in [9.17, 15) is 19.7 Å². The third kappa shape index (κ3) is 4.69. The monoisotopic (exact) mass is 359 g/mol. The van der Waals surface area contributed by atoms with E-state index in [1.165, 1.54) is 37.4 Å². The molecule has 0 aromatic heterocycles. The van der Waals surface area contributed by atoms with Crippen molar-refractivity contribution in [2.75, 3.05) is 24.4 Å². The van der Waals surface area contributed by atoms with Crippen LogP contribution in [-0.4, -0.2) is 30.6 Å². The van der Waals surface area contributed by atoms with Gasteiger partial charge in [0.15, 0.2) is 5.75 Å². The van der Waals surface area contributed by atoms with E-state index >= 15 is 0 Å². The Hall–Kier alpha value is -3.62. The predicted octanol–water partition coefficient (Wildman–Crippen LogP) is 3.42. The molecule has 0 saturated heterocycles. The number of ether oxygens (including phenoxy) is 2. The van der Waals surface area contributed by atoms with Gasteiger partial charge >= 0.3 is 17.7 Å². The molecule has 0 bridgehead atoms. The van der Waals surface area contributed by atoms with E-state index in [0.29, 0.717) is 11.3 Å². The van der Waals surface area contributed by atoms with Gasteiger partial charge in [0.05, 0.1) is 24.2 Å². The SMILES string of the molecule is CCOC(=O)c1ccc(NC(=O)Nc2ccc(OC)c([N+](=O)[O-])c2)cc1. The molecule has 0 radical (unpaired) electrons. The minimum Gasteiger partial charge on any atom is -0.490 e. The van der Waals surface area contributed by atoms with Gasteiger partial charge in [0.2, 0.25) is 0 Å². The fourth-order valence-corrected chi connectivity index (χ4v) is 2.11. The van der Waals surface area contributed by atoms with Gasteiger partial charge in [-0.2, -0.15) is 0 Å². The zero-order chi connectivity index (χ0) is 19.1. The average molecular weight is 359 g/mol. The quantitative estimate of drug-likeness (QED) is 0.463. The van der Waals surface area contributed by atoms with E-state index in [-0.39, 0.29) is 23.7 Å². The van der Waals surface area contributed by atoms with Crippen molar-refractivity contribution < 1.29 is 24.0 Å². The summed E-state index contributed by atoms with van der Waals surface area (Å²) < 4.78 is 9.78.